The van der Waals surface area contributed by atoms with Crippen molar-refractivity contribution in [3.05, 3.63) is 47.8 Å². The maximum absolute atomic E-state index is 13.7. The number of hydrogen-bond donors (Lipinski definition) is 1. The minimum atomic E-state index is -0.781. The molecule has 1 N–H and O–H groups in total. The molecule has 3 aliphatic rings. The van der Waals surface area contributed by atoms with Gasteiger partial charge in [0, 0.05) is 32.2 Å². The molecular formula is C18H19F2N5O. The lowest BCUT2D eigenvalue weighted by molar-refractivity contribution is 0.102. The van der Waals surface area contributed by atoms with Crippen molar-refractivity contribution >= 4 is 17.5 Å². The number of anilines is 2. The molecule has 8 heteroatoms. The minimum Gasteiger partial charge on any atom is -0.336 e. The largest absolute Gasteiger partial charge is 0.336 e. The van der Waals surface area contributed by atoms with Crippen LogP contribution in [0.3, 0.4) is 0 Å². The maximum atomic E-state index is 13.7. The van der Waals surface area contributed by atoms with Gasteiger partial charge in [-0.25, -0.2) is 18.7 Å². The lowest BCUT2D eigenvalue weighted by Gasteiger charge is -2.31. The Bertz CT molecular complexity index is 806. The number of carbonyl (C=O) groups excluding carboxylic acids is 1. The van der Waals surface area contributed by atoms with E-state index in [2.05, 4.69) is 25.1 Å². The first-order valence-corrected chi connectivity index (χ1v) is 8.67. The molecule has 2 aromatic rings. The lowest BCUT2D eigenvalue weighted by atomic mass is 10.1. The zero-order chi connectivity index (χ0) is 18.1. The van der Waals surface area contributed by atoms with Gasteiger partial charge in [0.1, 0.15) is 11.6 Å². The van der Waals surface area contributed by atoms with Crippen LogP contribution < -0.4 is 10.2 Å². The van der Waals surface area contributed by atoms with Gasteiger partial charge in [-0.2, -0.15) is 0 Å². The van der Waals surface area contributed by atoms with E-state index in [1.807, 2.05) is 0 Å². The SMILES string of the molecule is O=C(Nc1cnc(N2CCN3CCC2CC3)nc1)c1cc(F)ccc1F. The van der Waals surface area contributed by atoms with Crippen molar-refractivity contribution in [1.82, 2.24) is 14.9 Å². The molecule has 1 aromatic heterocycles. The number of rotatable bonds is 3. The molecule has 0 saturated carbocycles. The summed E-state index contributed by atoms with van der Waals surface area (Å²) in [6.07, 6.45) is 5.19. The van der Waals surface area contributed by atoms with E-state index in [-0.39, 0.29) is 5.56 Å². The maximum Gasteiger partial charge on any atom is 0.258 e. The lowest BCUT2D eigenvalue weighted by Crippen LogP contribution is -2.38. The van der Waals surface area contributed by atoms with E-state index < -0.39 is 17.5 Å². The summed E-state index contributed by atoms with van der Waals surface area (Å²) >= 11 is 0. The van der Waals surface area contributed by atoms with Crippen LogP contribution in [0, 0.1) is 11.6 Å². The second kappa shape index (κ2) is 6.95. The van der Waals surface area contributed by atoms with Gasteiger partial charge in [0.25, 0.3) is 5.91 Å². The van der Waals surface area contributed by atoms with Crippen molar-refractivity contribution in [3.63, 3.8) is 0 Å². The smallest absolute Gasteiger partial charge is 0.258 e. The summed E-state index contributed by atoms with van der Waals surface area (Å²) in [5.74, 6) is -1.56. The fraction of sp³-hybridized carbons (Fsp3) is 0.389. The number of aromatic nitrogens is 2. The van der Waals surface area contributed by atoms with Gasteiger partial charge in [-0.05, 0) is 31.0 Å². The zero-order valence-corrected chi connectivity index (χ0v) is 14.2. The molecule has 0 atom stereocenters. The van der Waals surface area contributed by atoms with Gasteiger partial charge in [-0.3, -0.25) is 4.79 Å². The first-order chi connectivity index (χ1) is 12.6. The molecule has 5 rings (SSSR count). The highest BCUT2D eigenvalue weighted by atomic mass is 19.1. The molecule has 3 aliphatic heterocycles. The topological polar surface area (TPSA) is 61.4 Å². The van der Waals surface area contributed by atoms with Crippen LogP contribution in [-0.4, -0.2) is 53.0 Å². The third kappa shape index (κ3) is 3.37. The van der Waals surface area contributed by atoms with Crippen molar-refractivity contribution in [2.24, 2.45) is 0 Å². The second-order valence-corrected chi connectivity index (χ2v) is 6.62. The summed E-state index contributed by atoms with van der Waals surface area (Å²) < 4.78 is 26.9. The molecule has 1 aromatic carbocycles. The highest BCUT2D eigenvalue weighted by molar-refractivity contribution is 6.04. The van der Waals surface area contributed by atoms with E-state index in [9.17, 15) is 13.6 Å². The van der Waals surface area contributed by atoms with E-state index in [1.54, 1.807) is 0 Å². The molecule has 3 saturated heterocycles. The van der Waals surface area contributed by atoms with Gasteiger partial charge in [-0.1, -0.05) is 0 Å². The van der Waals surface area contributed by atoms with E-state index >= 15 is 0 Å². The summed E-state index contributed by atoms with van der Waals surface area (Å²) in [6, 6.07) is 3.20. The quantitative estimate of drug-likeness (QED) is 0.911. The molecule has 2 bridgehead atoms. The molecule has 1 amide bonds. The number of piperidine rings is 1. The fourth-order valence-electron chi connectivity index (χ4n) is 3.55. The van der Waals surface area contributed by atoms with Crippen molar-refractivity contribution < 1.29 is 13.6 Å². The van der Waals surface area contributed by atoms with Crippen molar-refractivity contribution in [3.8, 4) is 0 Å². The van der Waals surface area contributed by atoms with Crippen LogP contribution in [0.2, 0.25) is 0 Å². The van der Waals surface area contributed by atoms with Gasteiger partial charge in [0.15, 0.2) is 0 Å². The van der Waals surface area contributed by atoms with E-state index in [0.717, 1.165) is 57.2 Å². The molecular weight excluding hydrogens is 340 g/mol. The predicted molar refractivity (Wildman–Crippen MR) is 93.2 cm³/mol. The Balaban J connectivity index is 1.47. The Labute approximate surface area is 149 Å². The molecule has 0 aliphatic carbocycles. The van der Waals surface area contributed by atoms with Gasteiger partial charge in [0.05, 0.1) is 23.6 Å². The van der Waals surface area contributed by atoms with Gasteiger partial charge in [0.2, 0.25) is 5.95 Å². The second-order valence-electron chi connectivity index (χ2n) is 6.62. The van der Waals surface area contributed by atoms with Crippen LogP contribution >= 0.6 is 0 Å². The van der Waals surface area contributed by atoms with E-state index in [1.165, 1.54) is 12.4 Å². The molecule has 26 heavy (non-hydrogen) atoms. The van der Waals surface area contributed by atoms with Crippen LogP contribution in [0.1, 0.15) is 23.2 Å². The van der Waals surface area contributed by atoms with Crippen LogP contribution in [-0.2, 0) is 0 Å². The van der Waals surface area contributed by atoms with E-state index in [0.29, 0.717) is 17.7 Å². The summed E-state index contributed by atoms with van der Waals surface area (Å²) in [5, 5.41) is 2.50. The molecule has 0 unspecified atom stereocenters. The Morgan fingerprint density at radius 3 is 2.54 bits per heavy atom. The Morgan fingerprint density at radius 1 is 1.08 bits per heavy atom. The number of nitrogens with one attached hydrogen (secondary N) is 1. The van der Waals surface area contributed by atoms with Crippen LogP contribution in [0.15, 0.2) is 30.6 Å². The summed E-state index contributed by atoms with van der Waals surface area (Å²) in [5.41, 5.74) is -0.0158. The minimum absolute atomic E-state index is 0.338. The normalized spacial score (nSPS) is 22.2. The number of benzene rings is 1. The van der Waals surface area contributed by atoms with Crippen LogP contribution in [0.5, 0.6) is 0 Å². The number of amides is 1. The summed E-state index contributed by atoms with van der Waals surface area (Å²) in [4.78, 5) is 25.5. The van der Waals surface area contributed by atoms with Gasteiger partial charge < -0.3 is 15.1 Å². The summed E-state index contributed by atoms with van der Waals surface area (Å²) in [6.45, 7) is 4.09. The number of halogens is 2. The average Bonchev–Trinajstić information content (AvgIpc) is 2.98. The molecule has 4 heterocycles. The third-order valence-corrected chi connectivity index (χ3v) is 4.98. The zero-order valence-electron chi connectivity index (χ0n) is 14.2. The highest BCUT2D eigenvalue weighted by Crippen LogP contribution is 2.24. The Kier molecular flexibility index (Phi) is 4.50. The van der Waals surface area contributed by atoms with Crippen molar-refractivity contribution in [2.45, 2.75) is 18.9 Å². The third-order valence-electron chi connectivity index (χ3n) is 4.98. The van der Waals surface area contributed by atoms with Crippen LogP contribution in [0.4, 0.5) is 20.4 Å². The standard InChI is InChI=1S/C18H19F2N5O/c19-12-1-2-16(20)15(9-12)17(26)23-13-10-21-18(22-11-13)25-8-7-24-5-3-14(25)4-6-24/h1-2,9-11,14H,3-8H2,(H,23,26). The van der Waals surface area contributed by atoms with E-state index in [4.69, 9.17) is 0 Å². The molecule has 6 nitrogen and oxygen atoms in total. The fourth-order valence-corrected chi connectivity index (χ4v) is 3.55. The average molecular weight is 359 g/mol. The van der Waals surface area contributed by atoms with Crippen molar-refractivity contribution in [2.75, 3.05) is 36.4 Å². The molecule has 0 spiro atoms. The first-order valence-electron chi connectivity index (χ1n) is 8.67. The number of fused-ring (bicyclic) bond motifs is 4. The van der Waals surface area contributed by atoms with Gasteiger partial charge >= 0.3 is 0 Å². The van der Waals surface area contributed by atoms with Crippen LogP contribution in [0.25, 0.3) is 0 Å². The number of carbonyl (C=O) groups is 1. The monoisotopic (exact) mass is 359 g/mol. The Morgan fingerprint density at radius 2 is 1.81 bits per heavy atom. The molecule has 136 valence electrons. The predicted octanol–water partition coefficient (Wildman–Crippen LogP) is 2.29. The first kappa shape index (κ1) is 16.8. The highest BCUT2D eigenvalue weighted by Gasteiger charge is 2.30. The van der Waals surface area contributed by atoms with Gasteiger partial charge in [-0.15, -0.1) is 0 Å². The summed E-state index contributed by atoms with van der Waals surface area (Å²) in [7, 11) is 0. The molecule has 0 radical (unpaired) electrons. The number of hydrogen-bond acceptors (Lipinski definition) is 5. The Hall–Kier alpha value is -2.61. The molecule has 3 fully saturated rings. The van der Waals surface area contributed by atoms with Crippen molar-refractivity contribution in [1.29, 1.82) is 0 Å². The number of nitrogens with zero attached hydrogens (tertiary/aromatic N) is 4.